The van der Waals surface area contributed by atoms with Crippen LogP contribution in [-0.2, 0) is 0 Å². The minimum atomic E-state index is -0.621. The van der Waals surface area contributed by atoms with Crippen molar-refractivity contribution in [1.82, 2.24) is 9.97 Å². The van der Waals surface area contributed by atoms with Crippen LogP contribution in [0.3, 0.4) is 0 Å². The van der Waals surface area contributed by atoms with E-state index in [2.05, 4.69) is 9.97 Å². The number of fused-ring (bicyclic) bond motifs is 1. The van der Waals surface area contributed by atoms with Crippen LogP contribution >= 0.6 is 23.2 Å². The summed E-state index contributed by atoms with van der Waals surface area (Å²) >= 11 is 10.8. The summed E-state index contributed by atoms with van der Waals surface area (Å²) in [4.78, 5) is 7.29. The van der Waals surface area contributed by atoms with Crippen molar-refractivity contribution in [3.63, 3.8) is 0 Å². The van der Waals surface area contributed by atoms with Crippen molar-refractivity contribution in [1.29, 1.82) is 0 Å². The van der Waals surface area contributed by atoms with Gasteiger partial charge in [0.05, 0.1) is 0 Å². The van der Waals surface area contributed by atoms with Crippen molar-refractivity contribution in [2.75, 3.05) is 0 Å². The fraction of sp³-hybridized carbons (Fsp3) is 0. The normalized spacial score (nSPS) is 10.9. The molecule has 0 atom stereocenters. The van der Waals surface area contributed by atoms with Crippen molar-refractivity contribution < 1.29 is 8.81 Å². The van der Waals surface area contributed by atoms with Gasteiger partial charge in [0, 0.05) is 6.07 Å². The van der Waals surface area contributed by atoms with Gasteiger partial charge in [-0.05, 0) is 11.6 Å². The van der Waals surface area contributed by atoms with E-state index in [1.54, 1.807) is 0 Å². The Bertz CT molecular complexity index is 442. The van der Waals surface area contributed by atoms with Crippen molar-refractivity contribution >= 4 is 34.4 Å². The molecule has 12 heavy (non-hydrogen) atoms. The van der Waals surface area contributed by atoms with Crippen LogP contribution < -0.4 is 0 Å². The molecule has 0 unspecified atom stereocenters. The molecule has 0 bridgehead atoms. The van der Waals surface area contributed by atoms with E-state index in [0.29, 0.717) is 0 Å². The van der Waals surface area contributed by atoms with Crippen LogP contribution in [0, 0.1) is 5.82 Å². The molecule has 0 spiro atoms. The number of hydrogen-bond acceptors (Lipinski definition) is 3. The van der Waals surface area contributed by atoms with Gasteiger partial charge in [-0.3, -0.25) is 0 Å². The zero-order valence-electron chi connectivity index (χ0n) is 5.51. The maximum Gasteiger partial charge on any atom is 0.294 e. The van der Waals surface area contributed by atoms with Gasteiger partial charge in [0.1, 0.15) is 5.15 Å². The molecule has 2 heterocycles. The number of aromatic nitrogens is 2. The van der Waals surface area contributed by atoms with E-state index in [0.717, 1.165) is 6.07 Å². The molecular formula is C6HCl2FN2O. The highest BCUT2D eigenvalue weighted by atomic mass is 35.5. The lowest BCUT2D eigenvalue weighted by Crippen LogP contribution is -1.81. The SMILES string of the molecule is Fc1cc(Cl)nc2nc(Cl)oc12. The van der Waals surface area contributed by atoms with Crippen LogP contribution in [0.4, 0.5) is 4.39 Å². The molecule has 3 nitrogen and oxygen atoms in total. The first kappa shape index (κ1) is 7.76. The maximum absolute atomic E-state index is 12.9. The summed E-state index contributed by atoms with van der Waals surface area (Å²) in [6.45, 7) is 0. The second kappa shape index (κ2) is 2.57. The third kappa shape index (κ3) is 1.13. The van der Waals surface area contributed by atoms with E-state index in [1.807, 2.05) is 0 Å². The average Bonchev–Trinajstić information content (AvgIpc) is 2.29. The van der Waals surface area contributed by atoms with Gasteiger partial charge < -0.3 is 4.42 Å². The first-order valence-corrected chi connectivity index (χ1v) is 3.70. The number of halogens is 3. The Morgan fingerprint density at radius 2 is 2.08 bits per heavy atom. The van der Waals surface area contributed by atoms with Crippen molar-refractivity contribution in [3.8, 4) is 0 Å². The largest absolute Gasteiger partial charge is 0.423 e. The molecule has 2 aromatic heterocycles. The third-order valence-corrected chi connectivity index (χ3v) is 1.61. The predicted molar refractivity (Wildman–Crippen MR) is 41.8 cm³/mol. The lowest BCUT2D eigenvalue weighted by atomic mass is 10.4. The van der Waals surface area contributed by atoms with Crippen LogP contribution in [0.1, 0.15) is 0 Å². The molecule has 0 fully saturated rings. The standard InChI is InChI=1S/C6HCl2FN2O/c7-3-1-2(9)4-5(10-3)11-6(8)12-4/h1H. The zero-order chi connectivity index (χ0) is 8.72. The predicted octanol–water partition coefficient (Wildman–Crippen LogP) is 2.67. The summed E-state index contributed by atoms with van der Waals surface area (Å²) < 4.78 is 17.7. The molecule has 2 aromatic rings. The molecule has 0 aromatic carbocycles. The number of hydrogen-bond donors (Lipinski definition) is 0. The summed E-state index contributed by atoms with van der Waals surface area (Å²) in [6, 6.07) is 1.03. The molecule has 0 saturated heterocycles. The molecule has 62 valence electrons. The van der Waals surface area contributed by atoms with Crippen LogP contribution in [-0.4, -0.2) is 9.97 Å². The number of oxazole rings is 1. The van der Waals surface area contributed by atoms with Crippen molar-refractivity contribution in [2.45, 2.75) is 0 Å². The fourth-order valence-electron chi connectivity index (χ4n) is 0.822. The minimum absolute atomic E-state index is 0.0185. The maximum atomic E-state index is 12.9. The summed E-state index contributed by atoms with van der Waals surface area (Å²) in [5, 5.41) is -0.136. The Balaban J connectivity index is 2.88. The van der Waals surface area contributed by atoms with Gasteiger partial charge in [-0.25, -0.2) is 9.37 Å². The van der Waals surface area contributed by atoms with E-state index in [9.17, 15) is 4.39 Å². The number of pyridine rings is 1. The van der Waals surface area contributed by atoms with E-state index >= 15 is 0 Å². The van der Waals surface area contributed by atoms with Crippen LogP contribution in [0.15, 0.2) is 10.5 Å². The molecule has 2 rings (SSSR count). The lowest BCUT2D eigenvalue weighted by molar-refractivity contribution is 0.555. The lowest BCUT2D eigenvalue weighted by Gasteiger charge is -1.89. The summed E-state index contributed by atoms with van der Waals surface area (Å²) in [7, 11) is 0. The summed E-state index contributed by atoms with van der Waals surface area (Å²) in [6.07, 6.45) is 0. The second-order valence-electron chi connectivity index (χ2n) is 2.05. The summed E-state index contributed by atoms with van der Waals surface area (Å²) in [5.74, 6) is -0.621. The molecule has 0 aliphatic heterocycles. The van der Waals surface area contributed by atoms with Gasteiger partial charge in [-0.15, -0.1) is 0 Å². The molecule has 0 saturated carbocycles. The number of nitrogens with zero attached hydrogens (tertiary/aromatic N) is 2. The monoisotopic (exact) mass is 206 g/mol. The number of rotatable bonds is 0. The van der Waals surface area contributed by atoms with Gasteiger partial charge in [0.15, 0.2) is 5.82 Å². The Hall–Kier alpha value is -0.870. The van der Waals surface area contributed by atoms with E-state index in [1.165, 1.54) is 0 Å². The average molecular weight is 207 g/mol. The van der Waals surface area contributed by atoms with Gasteiger partial charge >= 0.3 is 0 Å². The van der Waals surface area contributed by atoms with Gasteiger partial charge in [0.2, 0.25) is 11.2 Å². The molecule has 0 aliphatic carbocycles. The Kier molecular flexibility index (Phi) is 1.66. The highest BCUT2D eigenvalue weighted by Gasteiger charge is 2.11. The molecule has 0 radical (unpaired) electrons. The molecule has 0 amide bonds. The van der Waals surface area contributed by atoms with E-state index in [4.69, 9.17) is 27.6 Å². The van der Waals surface area contributed by atoms with Crippen LogP contribution in [0.25, 0.3) is 11.2 Å². The molecule has 0 aliphatic rings. The van der Waals surface area contributed by atoms with Crippen LogP contribution in [0.5, 0.6) is 0 Å². The second-order valence-corrected chi connectivity index (χ2v) is 2.76. The van der Waals surface area contributed by atoms with Crippen molar-refractivity contribution in [2.24, 2.45) is 0 Å². The molecule has 6 heteroatoms. The Labute approximate surface area is 76.1 Å². The minimum Gasteiger partial charge on any atom is -0.423 e. The topological polar surface area (TPSA) is 38.9 Å². The summed E-state index contributed by atoms with van der Waals surface area (Å²) in [5.41, 5.74) is -0.00519. The Morgan fingerprint density at radius 3 is 2.83 bits per heavy atom. The molecule has 0 N–H and O–H groups in total. The van der Waals surface area contributed by atoms with Crippen LogP contribution in [0.2, 0.25) is 10.5 Å². The highest BCUT2D eigenvalue weighted by Crippen LogP contribution is 2.22. The van der Waals surface area contributed by atoms with E-state index in [-0.39, 0.29) is 21.7 Å². The van der Waals surface area contributed by atoms with Gasteiger partial charge in [0.25, 0.3) is 5.35 Å². The third-order valence-electron chi connectivity index (χ3n) is 1.26. The first-order chi connectivity index (χ1) is 5.66. The highest BCUT2D eigenvalue weighted by molar-refractivity contribution is 6.30. The smallest absolute Gasteiger partial charge is 0.294 e. The fourth-order valence-corrected chi connectivity index (χ4v) is 1.15. The molecular weight excluding hydrogens is 206 g/mol. The zero-order valence-corrected chi connectivity index (χ0v) is 7.03. The van der Waals surface area contributed by atoms with E-state index < -0.39 is 5.82 Å². The Morgan fingerprint density at radius 1 is 1.33 bits per heavy atom. The van der Waals surface area contributed by atoms with Gasteiger partial charge in [-0.1, -0.05) is 11.6 Å². The van der Waals surface area contributed by atoms with Crippen molar-refractivity contribution in [3.05, 3.63) is 22.4 Å². The van der Waals surface area contributed by atoms with Gasteiger partial charge in [-0.2, -0.15) is 4.98 Å². The quantitative estimate of drug-likeness (QED) is 0.623. The first-order valence-electron chi connectivity index (χ1n) is 2.95.